The van der Waals surface area contributed by atoms with Gasteiger partial charge < -0.3 is 15.2 Å². The maximum atomic E-state index is 9.50. The number of benzene rings is 2. The van der Waals surface area contributed by atoms with Gasteiger partial charge in [-0.25, -0.2) is 9.97 Å². The monoisotopic (exact) mass is 307 g/mol. The van der Waals surface area contributed by atoms with Gasteiger partial charge in [0, 0.05) is 23.5 Å². The van der Waals surface area contributed by atoms with Crippen molar-refractivity contribution < 1.29 is 9.84 Å². The number of hydrogen-bond acceptors (Lipinski definition) is 5. The first-order chi connectivity index (χ1) is 11.2. The third kappa shape index (κ3) is 3.77. The molecule has 0 unspecified atom stereocenters. The number of phenolic OH excluding ortho intramolecular Hbond substituents is 1. The SMILES string of the molecule is CCOc1ccc(-c2ccnc(Nc3cccc(O)c3)n2)cc1. The molecule has 1 aromatic heterocycles. The lowest BCUT2D eigenvalue weighted by atomic mass is 10.1. The van der Waals surface area contributed by atoms with Crippen LogP contribution in [0.4, 0.5) is 11.6 Å². The lowest BCUT2D eigenvalue weighted by Gasteiger charge is -2.08. The van der Waals surface area contributed by atoms with Gasteiger partial charge in [0.15, 0.2) is 0 Å². The third-order valence-electron chi connectivity index (χ3n) is 3.22. The first-order valence-corrected chi connectivity index (χ1v) is 7.37. The van der Waals surface area contributed by atoms with E-state index in [9.17, 15) is 5.11 Å². The summed E-state index contributed by atoms with van der Waals surface area (Å²) in [7, 11) is 0. The van der Waals surface area contributed by atoms with Gasteiger partial charge in [-0.3, -0.25) is 0 Å². The molecule has 0 amide bonds. The fraction of sp³-hybridized carbons (Fsp3) is 0.111. The zero-order valence-corrected chi connectivity index (χ0v) is 12.7. The summed E-state index contributed by atoms with van der Waals surface area (Å²) in [5.41, 5.74) is 2.52. The Labute approximate surface area is 134 Å². The Morgan fingerprint density at radius 1 is 1.09 bits per heavy atom. The molecule has 5 heteroatoms. The molecule has 1 heterocycles. The van der Waals surface area contributed by atoms with E-state index >= 15 is 0 Å². The standard InChI is InChI=1S/C18H17N3O2/c1-2-23-16-8-6-13(7-9-16)17-10-11-19-18(21-17)20-14-4-3-5-15(22)12-14/h3-12,22H,2H2,1H3,(H,19,20,21). The Morgan fingerprint density at radius 2 is 1.91 bits per heavy atom. The van der Waals surface area contributed by atoms with Crippen LogP contribution in [0.1, 0.15) is 6.92 Å². The number of ether oxygens (including phenoxy) is 1. The molecule has 0 radical (unpaired) electrons. The van der Waals surface area contributed by atoms with Gasteiger partial charge in [0.05, 0.1) is 12.3 Å². The van der Waals surface area contributed by atoms with E-state index in [2.05, 4.69) is 15.3 Å². The number of anilines is 2. The summed E-state index contributed by atoms with van der Waals surface area (Å²) in [4.78, 5) is 8.71. The molecular weight excluding hydrogens is 290 g/mol. The van der Waals surface area contributed by atoms with E-state index < -0.39 is 0 Å². The fourth-order valence-electron chi connectivity index (χ4n) is 2.18. The maximum Gasteiger partial charge on any atom is 0.227 e. The molecule has 23 heavy (non-hydrogen) atoms. The molecule has 0 bridgehead atoms. The molecule has 0 fully saturated rings. The summed E-state index contributed by atoms with van der Waals surface area (Å²) >= 11 is 0. The predicted octanol–water partition coefficient (Wildman–Crippen LogP) is 3.99. The normalized spacial score (nSPS) is 10.3. The van der Waals surface area contributed by atoms with Crippen LogP contribution in [0.25, 0.3) is 11.3 Å². The Morgan fingerprint density at radius 3 is 2.65 bits per heavy atom. The molecule has 0 aliphatic rings. The van der Waals surface area contributed by atoms with Crippen molar-refractivity contribution in [2.24, 2.45) is 0 Å². The van der Waals surface area contributed by atoms with E-state index in [0.717, 1.165) is 22.7 Å². The molecule has 116 valence electrons. The zero-order chi connectivity index (χ0) is 16.1. The zero-order valence-electron chi connectivity index (χ0n) is 12.7. The van der Waals surface area contributed by atoms with Gasteiger partial charge in [-0.15, -0.1) is 0 Å². The summed E-state index contributed by atoms with van der Waals surface area (Å²) in [5.74, 6) is 1.50. The average Bonchev–Trinajstić information content (AvgIpc) is 2.56. The number of nitrogens with one attached hydrogen (secondary N) is 1. The second-order valence-corrected chi connectivity index (χ2v) is 4.90. The number of rotatable bonds is 5. The number of hydrogen-bond donors (Lipinski definition) is 2. The van der Waals surface area contributed by atoms with Crippen LogP contribution in [0.2, 0.25) is 0 Å². The molecule has 3 rings (SSSR count). The summed E-state index contributed by atoms with van der Waals surface area (Å²) in [6.45, 7) is 2.60. The minimum atomic E-state index is 0.192. The summed E-state index contributed by atoms with van der Waals surface area (Å²) in [5, 5.41) is 12.6. The first-order valence-electron chi connectivity index (χ1n) is 7.37. The Bertz CT molecular complexity index is 788. The molecule has 0 aliphatic carbocycles. The number of aromatic nitrogens is 2. The second-order valence-electron chi connectivity index (χ2n) is 4.90. The van der Waals surface area contributed by atoms with Crippen LogP contribution in [-0.4, -0.2) is 21.7 Å². The van der Waals surface area contributed by atoms with Crippen LogP contribution in [0.15, 0.2) is 60.8 Å². The molecule has 0 atom stereocenters. The number of nitrogens with zero attached hydrogens (tertiary/aromatic N) is 2. The van der Waals surface area contributed by atoms with Crippen LogP contribution in [-0.2, 0) is 0 Å². The topological polar surface area (TPSA) is 67.3 Å². The van der Waals surface area contributed by atoms with Crippen molar-refractivity contribution in [3.8, 4) is 22.8 Å². The van der Waals surface area contributed by atoms with Crippen LogP contribution in [0.5, 0.6) is 11.5 Å². The third-order valence-corrected chi connectivity index (χ3v) is 3.22. The highest BCUT2D eigenvalue weighted by Crippen LogP contribution is 2.23. The number of phenols is 1. The van der Waals surface area contributed by atoms with Crippen LogP contribution >= 0.6 is 0 Å². The van der Waals surface area contributed by atoms with Crippen molar-refractivity contribution in [1.82, 2.24) is 9.97 Å². The van der Waals surface area contributed by atoms with Gasteiger partial charge in [-0.1, -0.05) is 6.07 Å². The van der Waals surface area contributed by atoms with Crippen molar-refractivity contribution >= 4 is 11.6 Å². The maximum absolute atomic E-state index is 9.50. The van der Waals surface area contributed by atoms with E-state index in [1.54, 1.807) is 24.4 Å². The minimum Gasteiger partial charge on any atom is -0.508 e. The quantitative estimate of drug-likeness (QED) is 0.746. The largest absolute Gasteiger partial charge is 0.508 e. The van der Waals surface area contributed by atoms with E-state index in [1.807, 2.05) is 43.3 Å². The van der Waals surface area contributed by atoms with Gasteiger partial charge in [0.1, 0.15) is 11.5 Å². The van der Waals surface area contributed by atoms with E-state index in [1.165, 1.54) is 0 Å². The first kappa shape index (κ1) is 14.8. The van der Waals surface area contributed by atoms with Crippen LogP contribution in [0, 0.1) is 0 Å². The van der Waals surface area contributed by atoms with E-state index in [0.29, 0.717) is 12.6 Å². The molecular formula is C18H17N3O2. The van der Waals surface area contributed by atoms with Crippen molar-refractivity contribution in [1.29, 1.82) is 0 Å². The van der Waals surface area contributed by atoms with Crippen LogP contribution in [0.3, 0.4) is 0 Å². The van der Waals surface area contributed by atoms with E-state index in [-0.39, 0.29) is 5.75 Å². The Kier molecular flexibility index (Phi) is 4.38. The van der Waals surface area contributed by atoms with Gasteiger partial charge in [-0.2, -0.15) is 0 Å². The minimum absolute atomic E-state index is 0.192. The molecule has 2 aromatic carbocycles. The molecule has 0 spiro atoms. The highest BCUT2D eigenvalue weighted by atomic mass is 16.5. The molecule has 5 nitrogen and oxygen atoms in total. The smallest absolute Gasteiger partial charge is 0.227 e. The predicted molar refractivity (Wildman–Crippen MR) is 90.0 cm³/mol. The number of aromatic hydroxyl groups is 1. The van der Waals surface area contributed by atoms with Crippen molar-refractivity contribution in [3.05, 3.63) is 60.8 Å². The van der Waals surface area contributed by atoms with Gasteiger partial charge >= 0.3 is 0 Å². The van der Waals surface area contributed by atoms with Crippen molar-refractivity contribution in [2.75, 3.05) is 11.9 Å². The lowest BCUT2D eigenvalue weighted by Crippen LogP contribution is -1.97. The van der Waals surface area contributed by atoms with E-state index in [4.69, 9.17) is 4.74 Å². The van der Waals surface area contributed by atoms with Crippen molar-refractivity contribution in [2.45, 2.75) is 6.92 Å². The second kappa shape index (κ2) is 6.79. The molecule has 3 aromatic rings. The van der Waals surface area contributed by atoms with Gasteiger partial charge in [0.2, 0.25) is 5.95 Å². The summed E-state index contributed by atoms with van der Waals surface area (Å²) < 4.78 is 5.44. The highest BCUT2D eigenvalue weighted by Gasteiger charge is 2.04. The van der Waals surface area contributed by atoms with Crippen LogP contribution < -0.4 is 10.1 Å². The fourth-order valence-corrected chi connectivity index (χ4v) is 2.18. The molecule has 0 saturated heterocycles. The molecule has 0 aliphatic heterocycles. The van der Waals surface area contributed by atoms with Gasteiger partial charge in [-0.05, 0) is 49.4 Å². The lowest BCUT2D eigenvalue weighted by molar-refractivity contribution is 0.340. The van der Waals surface area contributed by atoms with Crippen molar-refractivity contribution in [3.63, 3.8) is 0 Å². The summed E-state index contributed by atoms with van der Waals surface area (Å²) in [6, 6.07) is 16.4. The molecule has 2 N–H and O–H groups in total. The molecule has 0 saturated carbocycles. The Balaban J connectivity index is 1.81. The summed E-state index contributed by atoms with van der Waals surface area (Å²) in [6.07, 6.45) is 1.70. The average molecular weight is 307 g/mol. The highest BCUT2D eigenvalue weighted by molar-refractivity contribution is 5.63. The Hall–Kier alpha value is -3.08. The van der Waals surface area contributed by atoms with Gasteiger partial charge in [0.25, 0.3) is 0 Å².